The number of benzene rings is 1. The minimum absolute atomic E-state index is 0.552. The summed E-state index contributed by atoms with van der Waals surface area (Å²) in [5.41, 5.74) is 5.62. The van der Waals surface area contributed by atoms with Crippen LogP contribution >= 0.6 is 0 Å². The highest BCUT2D eigenvalue weighted by atomic mass is 15.1. The summed E-state index contributed by atoms with van der Waals surface area (Å²) in [5.74, 6) is 1.32. The first kappa shape index (κ1) is 12.9. The molecule has 3 nitrogen and oxygen atoms in total. The molecule has 20 heavy (non-hydrogen) atoms. The van der Waals surface area contributed by atoms with Crippen molar-refractivity contribution >= 4 is 5.78 Å². The van der Waals surface area contributed by atoms with Gasteiger partial charge in [0.15, 0.2) is 0 Å². The molecule has 0 fully saturated rings. The molecule has 0 N–H and O–H groups in total. The molecule has 3 rings (SSSR count). The molecule has 0 bridgehead atoms. The molecule has 3 heteroatoms. The second-order valence-electron chi connectivity index (χ2n) is 5.61. The molecule has 0 aliphatic carbocycles. The summed E-state index contributed by atoms with van der Waals surface area (Å²) in [6.45, 7) is 8.49. The van der Waals surface area contributed by atoms with E-state index in [-0.39, 0.29) is 0 Å². The quantitative estimate of drug-likeness (QED) is 0.697. The van der Waals surface area contributed by atoms with Crippen LogP contribution in [-0.2, 0) is 0 Å². The highest BCUT2D eigenvalue weighted by Gasteiger charge is 2.08. The van der Waals surface area contributed by atoms with E-state index in [1.54, 1.807) is 0 Å². The second kappa shape index (κ2) is 4.75. The van der Waals surface area contributed by atoms with E-state index in [0.717, 1.165) is 28.4 Å². The molecule has 0 unspecified atom stereocenters. The first-order valence-electron chi connectivity index (χ1n) is 6.98. The fourth-order valence-corrected chi connectivity index (χ4v) is 2.45. The van der Waals surface area contributed by atoms with Gasteiger partial charge in [0, 0.05) is 23.1 Å². The minimum Gasteiger partial charge on any atom is -0.288 e. The molecule has 0 saturated heterocycles. The molecule has 0 aliphatic heterocycles. The van der Waals surface area contributed by atoms with Crippen molar-refractivity contribution in [1.82, 2.24) is 14.4 Å². The van der Waals surface area contributed by atoms with E-state index in [4.69, 9.17) is 0 Å². The van der Waals surface area contributed by atoms with Crippen LogP contribution in [0.15, 0.2) is 36.5 Å². The zero-order valence-electron chi connectivity index (χ0n) is 12.4. The van der Waals surface area contributed by atoms with E-state index < -0.39 is 0 Å². The smallest absolute Gasteiger partial charge is 0.234 e. The van der Waals surface area contributed by atoms with Crippen LogP contribution in [0.25, 0.3) is 17.0 Å². The Kier molecular flexibility index (Phi) is 3.05. The van der Waals surface area contributed by atoms with Crippen LogP contribution in [0, 0.1) is 13.8 Å². The molecular formula is C17H19N3. The van der Waals surface area contributed by atoms with Gasteiger partial charge >= 0.3 is 0 Å². The number of hydrogen-bond donors (Lipinski definition) is 0. The van der Waals surface area contributed by atoms with Crippen LogP contribution in [0.3, 0.4) is 0 Å². The maximum atomic E-state index is 4.63. The van der Waals surface area contributed by atoms with Gasteiger partial charge in [-0.25, -0.2) is 9.97 Å². The molecule has 0 aliphatic rings. The summed E-state index contributed by atoms with van der Waals surface area (Å²) in [5, 5.41) is 0. The molecule has 2 heterocycles. The Bertz CT molecular complexity index is 752. The molecule has 0 amide bonds. The van der Waals surface area contributed by atoms with Crippen LogP contribution in [-0.4, -0.2) is 14.4 Å². The Morgan fingerprint density at radius 1 is 1.00 bits per heavy atom. The highest BCUT2D eigenvalue weighted by Crippen LogP contribution is 2.22. The van der Waals surface area contributed by atoms with Crippen molar-refractivity contribution in [3.05, 3.63) is 53.5 Å². The van der Waals surface area contributed by atoms with Crippen LogP contribution in [0.2, 0.25) is 0 Å². The minimum atomic E-state index is 0.552. The highest BCUT2D eigenvalue weighted by molar-refractivity contribution is 5.62. The molecule has 0 radical (unpaired) electrons. The number of fused-ring (bicyclic) bond motifs is 1. The van der Waals surface area contributed by atoms with E-state index in [2.05, 4.69) is 67.3 Å². The molecule has 3 aromatic rings. The van der Waals surface area contributed by atoms with Crippen molar-refractivity contribution in [2.45, 2.75) is 33.6 Å². The SMILES string of the molecule is Cc1cc(C)n2cc(-c3ccc(C(C)C)cc3)nc2n1. The van der Waals surface area contributed by atoms with E-state index >= 15 is 0 Å². The molecular weight excluding hydrogens is 246 g/mol. The van der Waals surface area contributed by atoms with Crippen molar-refractivity contribution in [3.63, 3.8) is 0 Å². The van der Waals surface area contributed by atoms with Gasteiger partial charge in [0.05, 0.1) is 5.69 Å². The maximum absolute atomic E-state index is 4.63. The van der Waals surface area contributed by atoms with Gasteiger partial charge in [0.1, 0.15) is 0 Å². The Labute approximate surface area is 119 Å². The fraction of sp³-hybridized carbons (Fsp3) is 0.294. The van der Waals surface area contributed by atoms with Crippen molar-refractivity contribution in [2.24, 2.45) is 0 Å². The predicted octanol–water partition coefficient (Wildman–Crippen LogP) is 4.14. The normalized spacial score (nSPS) is 11.4. The number of imidazole rings is 1. The van der Waals surface area contributed by atoms with Gasteiger partial charge in [-0.15, -0.1) is 0 Å². The Morgan fingerprint density at radius 2 is 1.70 bits per heavy atom. The summed E-state index contributed by atoms with van der Waals surface area (Å²) in [6.07, 6.45) is 2.06. The van der Waals surface area contributed by atoms with Crippen molar-refractivity contribution in [1.29, 1.82) is 0 Å². The van der Waals surface area contributed by atoms with Crippen LogP contribution in [0.4, 0.5) is 0 Å². The van der Waals surface area contributed by atoms with Crippen molar-refractivity contribution in [3.8, 4) is 11.3 Å². The summed E-state index contributed by atoms with van der Waals surface area (Å²) >= 11 is 0. The molecule has 0 saturated carbocycles. The number of nitrogens with zero attached hydrogens (tertiary/aromatic N) is 3. The third-order valence-corrected chi connectivity index (χ3v) is 3.63. The maximum Gasteiger partial charge on any atom is 0.234 e. The lowest BCUT2D eigenvalue weighted by molar-refractivity contribution is 0.867. The van der Waals surface area contributed by atoms with Gasteiger partial charge in [0.25, 0.3) is 0 Å². The lowest BCUT2D eigenvalue weighted by atomic mass is 10.0. The van der Waals surface area contributed by atoms with Gasteiger partial charge in [-0.05, 0) is 31.4 Å². The third kappa shape index (κ3) is 2.20. The Morgan fingerprint density at radius 3 is 2.35 bits per heavy atom. The zero-order valence-corrected chi connectivity index (χ0v) is 12.4. The van der Waals surface area contributed by atoms with Crippen molar-refractivity contribution in [2.75, 3.05) is 0 Å². The van der Waals surface area contributed by atoms with Gasteiger partial charge in [-0.1, -0.05) is 38.1 Å². The summed E-state index contributed by atoms with van der Waals surface area (Å²) in [6, 6.07) is 10.7. The molecule has 0 atom stereocenters. The lowest BCUT2D eigenvalue weighted by Gasteiger charge is -2.05. The largest absolute Gasteiger partial charge is 0.288 e. The molecule has 0 spiro atoms. The zero-order chi connectivity index (χ0) is 14.3. The average Bonchev–Trinajstić information content (AvgIpc) is 2.83. The average molecular weight is 265 g/mol. The predicted molar refractivity (Wildman–Crippen MR) is 82.0 cm³/mol. The molecule has 1 aromatic carbocycles. The van der Waals surface area contributed by atoms with Gasteiger partial charge in [0.2, 0.25) is 5.78 Å². The number of hydrogen-bond acceptors (Lipinski definition) is 2. The van der Waals surface area contributed by atoms with E-state index in [1.807, 2.05) is 11.3 Å². The van der Waals surface area contributed by atoms with E-state index in [1.165, 1.54) is 5.56 Å². The molecule has 102 valence electrons. The topological polar surface area (TPSA) is 30.2 Å². The number of aromatic nitrogens is 3. The summed E-state index contributed by atoms with van der Waals surface area (Å²) in [7, 11) is 0. The Hall–Kier alpha value is -2.16. The monoisotopic (exact) mass is 265 g/mol. The van der Waals surface area contributed by atoms with Crippen LogP contribution in [0.5, 0.6) is 0 Å². The number of aryl methyl sites for hydroxylation is 2. The number of rotatable bonds is 2. The van der Waals surface area contributed by atoms with E-state index in [9.17, 15) is 0 Å². The standard InChI is InChI=1S/C17H19N3/c1-11(2)14-5-7-15(8-6-14)16-10-20-13(4)9-12(3)18-17(20)19-16/h5-11H,1-4H3. The summed E-state index contributed by atoms with van der Waals surface area (Å²) < 4.78 is 2.04. The van der Waals surface area contributed by atoms with Crippen LogP contribution < -0.4 is 0 Å². The first-order valence-corrected chi connectivity index (χ1v) is 6.98. The van der Waals surface area contributed by atoms with Crippen molar-refractivity contribution < 1.29 is 0 Å². The lowest BCUT2D eigenvalue weighted by Crippen LogP contribution is -1.94. The summed E-state index contributed by atoms with van der Waals surface area (Å²) in [4.78, 5) is 9.11. The van der Waals surface area contributed by atoms with Gasteiger partial charge < -0.3 is 0 Å². The Balaban J connectivity index is 2.08. The van der Waals surface area contributed by atoms with Gasteiger partial charge in [-0.3, -0.25) is 4.40 Å². The second-order valence-corrected chi connectivity index (χ2v) is 5.61. The third-order valence-electron chi connectivity index (χ3n) is 3.63. The van der Waals surface area contributed by atoms with Crippen LogP contribution in [0.1, 0.15) is 36.7 Å². The molecule has 2 aromatic heterocycles. The van der Waals surface area contributed by atoms with E-state index in [0.29, 0.717) is 5.92 Å². The fourth-order valence-electron chi connectivity index (χ4n) is 2.45. The van der Waals surface area contributed by atoms with Gasteiger partial charge in [-0.2, -0.15) is 0 Å². The first-order chi connectivity index (χ1) is 9.54.